The molecule has 2 aromatic carbocycles. The summed E-state index contributed by atoms with van der Waals surface area (Å²) in [5.74, 6) is 0.604. The fourth-order valence-electron chi connectivity index (χ4n) is 2.45. The lowest BCUT2D eigenvalue weighted by Crippen LogP contribution is -2.08. The number of rotatable bonds is 5. The van der Waals surface area contributed by atoms with E-state index in [1.54, 1.807) is 42.5 Å². The molecule has 0 saturated carbocycles. The molecule has 1 heterocycles. The van der Waals surface area contributed by atoms with E-state index in [-0.39, 0.29) is 11.6 Å². The molecule has 136 valence electrons. The van der Waals surface area contributed by atoms with Gasteiger partial charge in [-0.15, -0.1) is 0 Å². The number of carbonyl (C=O) groups is 1. The van der Waals surface area contributed by atoms with E-state index in [1.807, 2.05) is 6.92 Å². The van der Waals surface area contributed by atoms with Crippen molar-refractivity contribution in [3.63, 3.8) is 0 Å². The Hall–Kier alpha value is -3.38. The molecule has 0 unspecified atom stereocenters. The van der Waals surface area contributed by atoms with Gasteiger partial charge in [-0.05, 0) is 42.8 Å². The lowest BCUT2D eigenvalue weighted by Gasteiger charge is -2.07. The molecule has 0 aliphatic heterocycles. The number of nitro benzene ring substituents is 1. The zero-order valence-corrected chi connectivity index (χ0v) is 15.1. The van der Waals surface area contributed by atoms with E-state index in [2.05, 4.69) is 5.32 Å². The van der Waals surface area contributed by atoms with Crippen LogP contribution in [0, 0.1) is 17.0 Å². The third-order valence-electron chi connectivity index (χ3n) is 3.89. The van der Waals surface area contributed by atoms with Crippen LogP contribution in [0.15, 0.2) is 65.1 Å². The first-order valence-electron chi connectivity index (χ1n) is 8.03. The summed E-state index contributed by atoms with van der Waals surface area (Å²) < 4.78 is 5.64. The largest absolute Gasteiger partial charge is 0.457 e. The Labute approximate surface area is 160 Å². The lowest BCUT2D eigenvalue weighted by atomic mass is 10.1. The number of nitro groups is 1. The predicted octanol–water partition coefficient (Wildman–Crippen LogP) is 5.47. The van der Waals surface area contributed by atoms with Gasteiger partial charge in [-0.1, -0.05) is 29.8 Å². The van der Waals surface area contributed by atoms with Crippen molar-refractivity contribution in [2.24, 2.45) is 0 Å². The zero-order valence-electron chi connectivity index (χ0n) is 14.3. The van der Waals surface area contributed by atoms with Crippen molar-refractivity contribution in [2.75, 3.05) is 5.32 Å². The van der Waals surface area contributed by atoms with E-state index in [1.165, 1.54) is 24.3 Å². The maximum absolute atomic E-state index is 12.1. The van der Waals surface area contributed by atoms with Crippen LogP contribution in [0.2, 0.25) is 5.02 Å². The highest BCUT2D eigenvalue weighted by molar-refractivity contribution is 6.31. The normalized spacial score (nSPS) is 10.9. The van der Waals surface area contributed by atoms with Crippen LogP contribution in [-0.2, 0) is 4.79 Å². The Morgan fingerprint density at radius 2 is 1.96 bits per heavy atom. The number of amides is 1. The molecule has 0 spiro atoms. The molecule has 0 aliphatic rings. The molecule has 0 aliphatic carbocycles. The van der Waals surface area contributed by atoms with E-state index >= 15 is 0 Å². The second-order valence-corrected chi connectivity index (χ2v) is 6.15. The van der Waals surface area contributed by atoms with Gasteiger partial charge in [-0.25, -0.2) is 0 Å². The Balaban J connectivity index is 1.72. The lowest BCUT2D eigenvalue weighted by molar-refractivity contribution is -0.384. The number of carbonyl (C=O) groups excluding carboxylic acids is 1. The number of nitrogens with one attached hydrogen (secondary N) is 1. The summed E-state index contributed by atoms with van der Waals surface area (Å²) in [5, 5.41) is 14.2. The quantitative estimate of drug-likeness (QED) is 0.360. The van der Waals surface area contributed by atoms with Gasteiger partial charge in [0.2, 0.25) is 5.91 Å². The van der Waals surface area contributed by atoms with Crippen LogP contribution in [0.3, 0.4) is 0 Å². The number of nitrogens with zero attached hydrogens (tertiary/aromatic N) is 1. The van der Waals surface area contributed by atoms with Gasteiger partial charge in [0.15, 0.2) is 0 Å². The summed E-state index contributed by atoms with van der Waals surface area (Å²) in [6.45, 7) is 1.82. The standard InChI is InChI=1S/C20H15ClN2O4/c1-13-17(21)6-3-7-18(13)22-20(24)11-9-16-8-10-19(27-16)14-4-2-5-15(12-14)23(25)26/h2-12H,1H3,(H,22,24)/b11-9+. The van der Waals surface area contributed by atoms with Crippen molar-refractivity contribution in [1.29, 1.82) is 0 Å². The Morgan fingerprint density at radius 1 is 1.19 bits per heavy atom. The molecular formula is C20H15ClN2O4. The van der Waals surface area contributed by atoms with Crippen LogP contribution in [0.25, 0.3) is 17.4 Å². The highest BCUT2D eigenvalue weighted by Crippen LogP contribution is 2.26. The van der Waals surface area contributed by atoms with E-state index < -0.39 is 4.92 Å². The van der Waals surface area contributed by atoms with Crippen molar-refractivity contribution < 1.29 is 14.1 Å². The molecule has 1 N–H and O–H groups in total. The zero-order chi connectivity index (χ0) is 19.4. The van der Waals surface area contributed by atoms with Crippen LogP contribution in [0.4, 0.5) is 11.4 Å². The molecule has 3 aromatic rings. The van der Waals surface area contributed by atoms with Crippen molar-refractivity contribution in [2.45, 2.75) is 6.92 Å². The second kappa shape index (κ2) is 7.88. The van der Waals surface area contributed by atoms with Gasteiger partial charge in [0, 0.05) is 34.5 Å². The number of non-ortho nitro benzene ring substituents is 1. The number of benzene rings is 2. The fourth-order valence-corrected chi connectivity index (χ4v) is 2.62. The van der Waals surface area contributed by atoms with Gasteiger partial charge in [0.05, 0.1) is 4.92 Å². The Morgan fingerprint density at radius 3 is 2.74 bits per heavy atom. The minimum absolute atomic E-state index is 0.0164. The van der Waals surface area contributed by atoms with Crippen molar-refractivity contribution in [3.05, 3.63) is 87.1 Å². The number of anilines is 1. The van der Waals surface area contributed by atoms with Crippen LogP contribution in [0.5, 0.6) is 0 Å². The second-order valence-electron chi connectivity index (χ2n) is 5.74. The average Bonchev–Trinajstić information content (AvgIpc) is 3.13. The molecule has 7 heteroatoms. The van der Waals surface area contributed by atoms with Gasteiger partial charge in [-0.3, -0.25) is 14.9 Å². The van der Waals surface area contributed by atoms with Gasteiger partial charge < -0.3 is 9.73 Å². The van der Waals surface area contributed by atoms with Gasteiger partial charge >= 0.3 is 0 Å². The van der Waals surface area contributed by atoms with Gasteiger partial charge in [-0.2, -0.15) is 0 Å². The smallest absolute Gasteiger partial charge is 0.270 e. The highest BCUT2D eigenvalue weighted by Gasteiger charge is 2.10. The summed E-state index contributed by atoms with van der Waals surface area (Å²) in [7, 11) is 0. The number of furan rings is 1. The van der Waals surface area contributed by atoms with Crippen LogP contribution >= 0.6 is 11.6 Å². The monoisotopic (exact) mass is 382 g/mol. The minimum Gasteiger partial charge on any atom is -0.457 e. The third-order valence-corrected chi connectivity index (χ3v) is 4.30. The van der Waals surface area contributed by atoms with E-state index in [4.69, 9.17) is 16.0 Å². The molecule has 27 heavy (non-hydrogen) atoms. The Kier molecular flexibility index (Phi) is 5.38. The first-order chi connectivity index (χ1) is 12.9. The molecule has 6 nitrogen and oxygen atoms in total. The molecular weight excluding hydrogens is 368 g/mol. The molecule has 3 rings (SSSR count). The maximum Gasteiger partial charge on any atom is 0.270 e. The van der Waals surface area contributed by atoms with Crippen LogP contribution in [0.1, 0.15) is 11.3 Å². The maximum atomic E-state index is 12.1. The fraction of sp³-hybridized carbons (Fsp3) is 0.0500. The first kappa shape index (κ1) is 18.4. The summed E-state index contributed by atoms with van der Waals surface area (Å²) in [6, 6.07) is 14.8. The third kappa shape index (κ3) is 4.43. The van der Waals surface area contributed by atoms with E-state index in [9.17, 15) is 14.9 Å². The molecule has 1 amide bonds. The highest BCUT2D eigenvalue weighted by atomic mass is 35.5. The first-order valence-corrected chi connectivity index (χ1v) is 8.40. The molecule has 0 saturated heterocycles. The van der Waals surface area contributed by atoms with E-state index in [0.29, 0.717) is 27.8 Å². The molecule has 0 bridgehead atoms. The number of halogens is 1. The number of hydrogen-bond acceptors (Lipinski definition) is 4. The topological polar surface area (TPSA) is 85.4 Å². The molecule has 0 fully saturated rings. The van der Waals surface area contributed by atoms with Gasteiger partial charge in [0.25, 0.3) is 5.69 Å². The molecule has 1 aromatic heterocycles. The summed E-state index contributed by atoms with van der Waals surface area (Å²) >= 11 is 6.04. The van der Waals surface area contributed by atoms with Crippen molar-refractivity contribution >= 4 is 35.0 Å². The van der Waals surface area contributed by atoms with Crippen LogP contribution < -0.4 is 5.32 Å². The summed E-state index contributed by atoms with van der Waals surface area (Å²) in [4.78, 5) is 22.5. The minimum atomic E-state index is -0.463. The SMILES string of the molecule is Cc1c(Cl)cccc1NC(=O)/C=C/c1ccc(-c2cccc([N+](=O)[O-])c2)o1. The van der Waals surface area contributed by atoms with Crippen molar-refractivity contribution in [3.8, 4) is 11.3 Å². The van der Waals surface area contributed by atoms with Crippen LogP contribution in [-0.4, -0.2) is 10.8 Å². The van der Waals surface area contributed by atoms with Gasteiger partial charge in [0.1, 0.15) is 11.5 Å². The van der Waals surface area contributed by atoms with Crippen molar-refractivity contribution in [1.82, 2.24) is 0 Å². The predicted molar refractivity (Wildman–Crippen MR) is 105 cm³/mol. The Bertz CT molecular complexity index is 1040. The number of hydrogen-bond donors (Lipinski definition) is 1. The van der Waals surface area contributed by atoms with E-state index in [0.717, 1.165) is 5.56 Å². The average molecular weight is 383 g/mol. The summed E-state index contributed by atoms with van der Waals surface area (Å²) in [6.07, 6.45) is 2.87. The summed E-state index contributed by atoms with van der Waals surface area (Å²) in [5.41, 5.74) is 1.99. The molecule has 0 radical (unpaired) electrons. The molecule has 0 atom stereocenters.